The molecule has 0 heterocycles. The van der Waals surface area contributed by atoms with Gasteiger partial charge in [0.1, 0.15) is 5.75 Å². The van der Waals surface area contributed by atoms with Gasteiger partial charge in [-0.25, -0.2) is 0 Å². The quantitative estimate of drug-likeness (QED) is 0.716. The molecule has 0 spiro atoms. The fourth-order valence-corrected chi connectivity index (χ4v) is 2.66. The summed E-state index contributed by atoms with van der Waals surface area (Å²) in [5, 5.41) is 12.5. The molecule has 5 heteroatoms. The van der Waals surface area contributed by atoms with E-state index in [0.717, 1.165) is 25.7 Å². The minimum Gasteiger partial charge on any atom is -0.492 e. The molecule has 0 saturated heterocycles. The van der Waals surface area contributed by atoms with Crippen LogP contribution in [0.3, 0.4) is 0 Å². The maximum atomic E-state index is 12.3. The third kappa shape index (κ3) is 3.04. The molecule has 1 aromatic carbocycles. The van der Waals surface area contributed by atoms with Crippen molar-refractivity contribution in [1.29, 1.82) is 0 Å². The van der Waals surface area contributed by atoms with Gasteiger partial charge in [-0.1, -0.05) is 12.8 Å². The normalized spacial score (nSPS) is 16.9. The second-order valence-electron chi connectivity index (χ2n) is 5.29. The van der Waals surface area contributed by atoms with E-state index >= 15 is 0 Å². The summed E-state index contributed by atoms with van der Waals surface area (Å²) in [6, 6.07) is 5.01. The number of benzene rings is 1. The Hall–Kier alpha value is -1.75. The van der Waals surface area contributed by atoms with Crippen LogP contribution in [0.25, 0.3) is 0 Å². The Morgan fingerprint density at radius 2 is 2.15 bits per heavy atom. The molecule has 0 unspecified atom stereocenters. The maximum absolute atomic E-state index is 12.3. The van der Waals surface area contributed by atoms with Crippen LogP contribution in [0.15, 0.2) is 18.2 Å². The molecule has 0 atom stereocenters. The lowest BCUT2D eigenvalue weighted by Gasteiger charge is -2.28. The van der Waals surface area contributed by atoms with Gasteiger partial charge in [0.15, 0.2) is 0 Å². The van der Waals surface area contributed by atoms with Crippen LogP contribution in [0, 0.1) is 0 Å². The Morgan fingerprint density at radius 3 is 2.70 bits per heavy atom. The Labute approximate surface area is 119 Å². The van der Waals surface area contributed by atoms with E-state index in [1.807, 2.05) is 6.92 Å². The number of hydrogen-bond donors (Lipinski definition) is 3. The summed E-state index contributed by atoms with van der Waals surface area (Å²) >= 11 is 0. The van der Waals surface area contributed by atoms with Crippen molar-refractivity contribution in [2.45, 2.75) is 38.1 Å². The van der Waals surface area contributed by atoms with Gasteiger partial charge in [0.05, 0.1) is 24.4 Å². The van der Waals surface area contributed by atoms with E-state index in [9.17, 15) is 9.90 Å². The van der Waals surface area contributed by atoms with Crippen molar-refractivity contribution in [3.8, 4) is 5.75 Å². The number of aliphatic hydroxyl groups is 1. The summed E-state index contributed by atoms with van der Waals surface area (Å²) in [5.74, 6) is 0.387. The van der Waals surface area contributed by atoms with Gasteiger partial charge in [-0.3, -0.25) is 4.79 Å². The number of carbonyl (C=O) groups excluding carboxylic acids is 1. The summed E-state index contributed by atoms with van der Waals surface area (Å²) < 4.78 is 5.35. The van der Waals surface area contributed by atoms with Crippen LogP contribution in [-0.2, 0) is 0 Å². The van der Waals surface area contributed by atoms with E-state index < -0.39 is 5.54 Å². The zero-order chi connectivity index (χ0) is 14.6. The SMILES string of the molecule is CCOc1ccc(C(=O)NC2(CO)CCCC2)cc1N. The summed E-state index contributed by atoms with van der Waals surface area (Å²) in [5.41, 5.74) is 6.34. The highest BCUT2D eigenvalue weighted by Gasteiger charge is 2.34. The number of hydrogen-bond acceptors (Lipinski definition) is 4. The van der Waals surface area contributed by atoms with Crippen LogP contribution in [0.2, 0.25) is 0 Å². The van der Waals surface area contributed by atoms with Crippen LogP contribution in [0.1, 0.15) is 43.0 Å². The number of nitrogens with one attached hydrogen (secondary N) is 1. The minimum atomic E-state index is -0.468. The van der Waals surface area contributed by atoms with Crippen molar-refractivity contribution >= 4 is 11.6 Å². The summed E-state index contributed by atoms with van der Waals surface area (Å²) in [4.78, 5) is 12.3. The van der Waals surface area contributed by atoms with E-state index in [2.05, 4.69) is 5.32 Å². The smallest absolute Gasteiger partial charge is 0.251 e. The molecule has 1 aromatic rings. The number of carbonyl (C=O) groups is 1. The molecule has 1 aliphatic carbocycles. The lowest BCUT2D eigenvalue weighted by atomic mass is 9.98. The number of aliphatic hydroxyl groups excluding tert-OH is 1. The zero-order valence-corrected chi connectivity index (χ0v) is 11.8. The first-order valence-corrected chi connectivity index (χ1v) is 7.06. The lowest BCUT2D eigenvalue weighted by molar-refractivity contribution is 0.0838. The number of nitrogen functional groups attached to an aromatic ring is 1. The van der Waals surface area contributed by atoms with Crippen molar-refractivity contribution in [2.24, 2.45) is 0 Å². The molecule has 0 aliphatic heterocycles. The summed E-state index contributed by atoms with van der Waals surface area (Å²) in [6.07, 6.45) is 3.71. The number of anilines is 1. The minimum absolute atomic E-state index is 0.0226. The highest BCUT2D eigenvalue weighted by atomic mass is 16.5. The van der Waals surface area contributed by atoms with Gasteiger partial charge < -0.3 is 20.9 Å². The van der Waals surface area contributed by atoms with Gasteiger partial charge in [-0.15, -0.1) is 0 Å². The van der Waals surface area contributed by atoms with Crippen molar-refractivity contribution in [2.75, 3.05) is 18.9 Å². The fourth-order valence-electron chi connectivity index (χ4n) is 2.66. The molecule has 5 nitrogen and oxygen atoms in total. The predicted molar refractivity (Wildman–Crippen MR) is 77.8 cm³/mol. The second-order valence-corrected chi connectivity index (χ2v) is 5.29. The molecule has 2 rings (SSSR count). The summed E-state index contributed by atoms with van der Waals surface area (Å²) in [7, 11) is 0. The lowest BCUT2D eigenvalue weighted by Crippen LogP contribution is -2.49. The molecule has 0 bridgehead atoms. The Morgan fingerprint density at radius 1 is 1.45 bits per heavy atom. The number of amides is 1. The van der Waals surface area contributed by atoms with Crippen molar-refractivity contribution in [1.82, 2.24) is 5.32 Å². The van der Waals surface area contributed by atoms with Gasteiger partial charge in [0.2, 0.25) is 0 Å². The highest BCUT2D eigenvalue weighted by Crippen LogP contribution is 2.30. The zero-order valence-electron chi connectivity index (χ0n) is 11.8. The van der Waals surface area contributed by atoms with Gasteiger partial charge in [0, 0.05) is 5.56 Å². The molecule has 1 fully saturated rings. The third-order valence-electron chi connectivity index (χ3n) is 3.81. The Balaban J connectivity index is 2.11. The standard InChI is InChI=1S/C15H22N2O3/c1-2-20-13-6-5-11(9-12(13)16)14(19)17-15(10-18)7-3-4-8-15/h5-6,9,18H,2-4,7-8,10,16H2,1H3,(H,17,19). The summed E-state index contributed by atoms with van der Waals surface area (Å²) in [6.45, 7) is 2.39. The Bertz CT molecular complexity index is 482. The number of rotatable bonds is 5. The molecule has 20 heavy (non-hydrogen) atoms. The highest BCUT2D eigenvalue weighted by molar-refractivity contribution is 5.96. The first kappa shape index (κ1) is 14.7. The van der Waals surface area contributed by atoms with Gasteiger partial charge in [-0.2, -0.15) is 0 Å². The van der Waals surface area contributed by atoms with Crippen LogP contribution >= 0.6 is 0 Å². The van der Waals surface area contributed by atoms with E-state index in [0.29, 0.717) is 23.6 Å². The van der Waals surface area contributed by atoms with Gasteiger partial charge in [0.25, 0.3) is 5.91 Å². The van der Waals surface area contributed by atoms with E-state index in [-0.39, 0.29) is 12.5 Å². The first-order chi connectivity index (χ1) is 9.60. The monoisotopic (exact) mass is 278 g/mol. The molecule has 0 radical (unpaired) electrons. The third-order valence-corrected chi connectivity index (χ3v) is 3.81. The first-order valence-electron chi connectivity index (χ1n) is 7.06. The van der Waals surface area contributed by atoms with E-state index in [1.165, 1.54) is 0 Å². The number of nitrogens with two attached hydrogens (primary N) is 1. The molecule has 110 valence electrons. The molecule has 1 aliphatic rings. The van der Waals surface area contributed by atoms with Crippen LogP contribution in [-0.4, -0.2) is 29.8 Å². The topological polar surface area (TPSA) is 84.6 Å². The molecule has 0 aromatic heterocycles. The predicted octanol–water partition coefficient (Wildman–Crippen LogP) is 1.70. The van der Waals surface area contributed by atoms with Crippen molar-refractivity contribution in [3.05, 3.63) is 23.8 Å². The van der Waals surface area contributed by atoms with E-state index in [1.54, 1.807) is 18.2 Å². The van der Waals surface area contributed by atoms with Crippen molar-refractivity contribution < 1.29 is 14.6 Å². The molecule has 1 saturated carbocycles. The molecular weight excluding hydrogens is 256 g/mol. The van der Waals surface area contributed by atoms with Crippen molar-refractivity contribution in [3.63, 3.8) is 0 Å². The fraction of sp³-hybridized carbons (Fsp3) is 0.533. The molecule has 1 amide bonds. The Kier molecular flexibility index (Phi) is 4.49. The maximum Gasteiger partial charge on any atom is 0.251 e. The van der Waals surface area contributed by atoms with Crippen LogP contribution in [0.5, 0.6) is 5.75 Å². The van der Waals surface area contributed by atoms with Gasteiger partial charge in [-0.05, 0) is 38.0 Å². The van der Waals surface area contributed by atoms with Gasteiger partial charge >= 0.3 is 0 Å². The molecule has 4 N–H and O–H groups in total. The van der Waals surface area contributed by atoms with Crippen LogP contribution in [0.4, 0.5) is 5.69 Å². The largest absolute Gasteiger partial charge is 0.492 e. The second kappa shape index (κ2) is 6.13. The average molecular weight is 278 g/mol. The average Bonchev–Trinajstić information content (AvgIpc) is 2.90. The van der Waals surface area contributed by atoms with E-state index in [4.69, 9.17) is 10.5 Å². The van der Waals surface area contributed by atoms with Crippen LogP contribution < -0.4 is 15.8 Å². The molecular formula is C15H22N2O3. The number of ether oxygens (including phenoxy) is 1.